The molecule has 6 nitrogen and oxygen atoms in total. The summed E-state index contributed by atoms with van der Waals surface area (Å²) >= 11 is 3.29. The predicted molar refractivity (Wildman–Crippen MR) is 102 cm³/mol. The minimum Gasteiger partial charge on any atom is -0.397 e. The molecule has 0 atom stereocenters. The number of nitrogen functional groups attached to an aromatic ring is 1. The maximum absolute atomic E-state index is 11.9. The van der Waals surface area contributed by atoms with Gasteiger partial charge in [0.25, 0.3) is 5.91 Å². The number of nitrogens with zero attached hydrogens (tertiary/aromatic N) is 1. The van der Waals surface area contributed by atoms with Crippen molar-refractivity contribution in [1.29, 1.82) is 0 Å². The number of aromatic nitrogens is 1. The molecule has 0 radical (unpaired) electrons. The fourth-order valence-corrected chi connectivity index (χ4v) is 2.62. The van der Waals surface area contributed by atoms with Crippen molar-refractivity contribution in [3.63, 3.8) is 0 Å². The third-order valence-corrected chi connectivity index (χ3v) is 4.00. The number of halogens is 1. The molecule has 2 rings (SSSR count). The largest absolute Gasteiger partial charge is 0.397 e. The summed E-state index contributed by atoms with van der Waals surface area (Å²) in [6.45, 7) is 0.568. The number of amides is 2. The number of carbonyl (C=O) groups is 2. The molecule has 2 aromatic rings. The summed E-state index contributed by atoms with van der Waals surface area (Å²) < 4.78 is 0.769. The van der Waals surface area contributed by atoms with Crippen LogP contribution in [-0.2, 0) is 4.79 Å². The van der Waals surface area contributed by atoms with E-state index in [1.807, 2.05) is 12.1 Å². The molecule has 0 saturated heterocycles. The molecule has 132 valence electrons. The maximum Gasteiger partial charge on any atom is 0.252 e. The van der Waals surface area contributed by atoms with Crippen LogP contribution >= 0.6 is 15.9 Å². The van der Waals surface area contributed by atoms with E-state index in [-0.39, 0.29) is 11.8 Å². The minimum absolute atomic E-state index is 0.0536. The van der Waals surface area contributed by atoms with Crippen LogP contribution in [0.2, 0.25) is 0 Å². The quantitative estimate of drug-likeness (QED) is 0.464. The zero-order chi connectivity index (χ0) is 18.1. The first-order valence-corrected chi connectivity index (χ1v) is 8.88. The van der Waals surface area contributed by atoms with E-state index in [9.17, 15) is 9.59 Å². The molecule has 4 N–H and O–H groups in total. The first-order chi connectivity index (χ1) is 12.1. The van der Waals surface area contributed by atoms with Gasteiger partial charge in [0, 0.05) is 29.8 Å². The number of hydrogen-bond acceptors (Lipinski definition) is 4. The van der Waals surface area contributed by atoms with Gasteiger partial charge in [0.1, 0.15) is 0 Å². The first-order valence-electron chi connectivity index (χ1n) is 8.09. The van der Waals surface area contributed by atoms with Crippen molar-refractivity contribution in [2.45, 2.75) is 25.7 Å². The second-order valence-corrected chi connectivity index (χ2v) is 6.51. The van der Waals surface area contributed by atoms with Gasteiger partial charge >= 0.3 is 0 Å². The molecular weight excluding hydrogens is 384 g/mol. The third-order valence-electron chi connectivity index (χ3n) is 3.57. The molecule has 0 aliphatic rings. The summed E-state index contributed by atoms with van der Waals surface area (Å²) in [4.78, 5) is 27.8. The molecule has 2 amide bonds. The Morgan fingerprint density at radius 3 is 2.68 bits per heavy atom. The smallest absolute Gasteiger partial charge is 0.252 e. The van der Waals surface area contributed by atoms with Crippen molar-refractivity contribution in [3.8, 4) is 0 Å². The molecule has 0 aliphatic carbocycles. The zero-order valence-electron chi connectivity index (χ0n) is 13.8. The van der Waals surface area contributed by atoms with Crippen molar-refractivity contribution in [3.05, 3.63) is 52.8 Å². The third kappa shape index (κ3) is 6.54. The number of unbranched alkanes of at least 4 members (excludes halogenated alkanes) is 2. The number of rotatable bonds is 8. The predicted octanol–water partition coefficient (Wildman–Crippen LogP) is 3.36. The molecule has 0 saturated carbocycles. The van der Waals surface area contributed by atoms with Crippen molar-refractivity contribution < 1.29 is 9.59 Å². The van der Waals surface area contributed by atoms with Crippen molar-refractivity contribution in [1.82, 2.24) is 10.3 Å². The average molecular weight is 405 g/mol. The molecule has 0 spiro atoms. The zero-order valence-corrected chi connectivity index (χ0v) is 15.4. The lowest BCUT2D eigenvalue weighted by atomic mass is 10.1. The summed E-state index contributed by atoms with van der Waals surface area (Å²) in [7, 11) is 0. The number of nitrogens with two attached hydrogens (primary N) is 1. The highest BCUT2D eigenvalue weighted by atomic mass is 79.9. The van der Waals surface area contributed by atoms with Crippen LogP contribution in [0.3, 0.4) is 0 Å². The fraction of sp³-hybridized carbons (Fsp3) is 0.278. The maximum atomic E-state index is 11.9. The van der Waals surface area contributed by atoms with Crippen LogP contribution < -0.4 is 16.4 Å². The fourth-order valence-electron chi connectivity index (χ4n) is 2.25. The first kappa shape index (κ1) is 18.9. The lowest BCUT2D eigenvalue weighted by Gasteiger charge is -2.08. The molecule has 0 fully saturated rings. The molecular formula is C18H21BrN4O2. The Bertz CT molecular complexity index is 737. The molecule has 25 heavy (non-hydrogen) atoms. The number of nitrogens with one attached hydrogen (secondary N) is 2. The monoisotopic (exact) mass is 404 g/mol. The number of hydrogen-bond donors (Lipinski definition) is 3. The van der Waals surface area contributed by atoms with Crippen LogP contribution in [0.1, 0.15) is 36.0 Å². The minimum atomic E-state index is -0.147. The highest BCUT2D eigenvalue weighted by Gasteiger charge is 2.06. The molecule has 1 heterocycles. The number of anilines is 2. The van der Waals surface area contributed by atoms with Gasteiger partial charge < -0.3 is 16.4 Å². The van der Waals surface area contributed by atoms with Gasteiger partial charge in [0.2, 0.25) is 5.91 Å². The van der Waals surface area contributed by atoms with Gasteiger partial charge in [-0.2, -0.15) is 0 Å². The summed E-state index contributed by atoms with van der Waals surface area (Å²) in [5.41, 5.74) is 7.51. The molecule has 0 bridgehead atoms. The Kier molecular flexibility index (Phi) is 7.40. The Labute approximate surface area is 155 Å². The van der Waals surface area contributed by atoms with Gasteiger partial charge in [-0.05, 0) is 47.0 Å². The van der Waals surface area contributed by atoms with Crippen molar-refractivity contribution in [2.75, 3.05) is 17.6 Å². The lowest BCUT2D eigenvalue weighted by Crippen LogP contribution is -2.24. The second-order valence-electron chi connectivity index (χ2n) is 5.59. The van der Waals surface area contributed by atoms with Gasteiger partial charge in [-0.1, -0.05) is 18.6 Å². The van der Waals surface area contributed by atoms with Gasteiger partial charge in [-0.3, -0.25) is 14.6 Å². The summed E-state index contributed by atoms with van der Waals surface area (Å²) in [5, 5.41) is 5.65. The van der Waals surface area contributed by atoms with Crippen LogP contribution in [0.5, 0.6) is 0 Å². The second kappa shape index (κ2) is 9.78. The van der Waals surface area contributed by atoms with E-state index in [1.165, 1.54) is 6.20 Å². The number of pyridine rings is 1. The molecule has 7 heteroatoms. The lowest BCUT2D eigenvalue weighted by molar-refractivity contribution is -0.116. The topological polar surface area (TPSA) is 97.1 Å². The summed E-state index contributed by atoms with van der Waals surface area (Å²) in [6.07, 6.45) is 6.01. The van der Waals surface area contributed by atoms with Gasteiger partial charge in [0.15, 0.2) is 0 Å². The van der Waals surface area contributed by atoms with E-state index in [4.69, 9.17) is 5.73 Å². The van der Waals surface area contributed by atoms with Crippen LogP contribution in [0.4, 0.5) is 11.4 Å². The molecule has 0 aliphatic heterocycles. The van der Waals surface area contributed by atoms with Gasteiger partial charge in [-0.25, -0.2) is 0 Å². The Hall–Kier alpha value is -2.41. The molecule has 1 aromatic carbocycles. The molecule has 0 unspecified atom stereocenters. The van der Waals surface area contributed by atoms with Crippen molar-refractivity contribution >= 4 is 39.1 Å². The van der Waals surface area contributed by atoms with E-state index in [0.29, 0.717) is 29.9 Å². The highest BCUT2D eigenvalue weighted by Crippen LogP contribution is 2.17. The SMILES string of the molecule is Nc1ccccc1NC(=O)CCCCCNC(=O)c1cncc(Br)c1. The van der Waals surface area contributed by atoms with E-state index in [2.05, 4.69) is 31.5 Å². The standard InChI is InChI=1S/C18H21BrN4O2/c19-14-10-13(11-21-12-14)18(25)22-9-5-1-2-8-17(24)23-16-7-4-3-6-15(16)20/h3-4,6-7,10-12H,1-2,5,8-9,20H2,(H,22,25)(H,23,24). The summed E-state index contributed by atoms with van der Waals surface area (Å²) in [5.74, 6) is -0.201. The number of para-hydroxylation sites is 2. The number of carbonyl (C=O) groups excluding carboxylic acids is 2. The Morgan fingerprint density at radius 1 is 1.12 bits per heavy atom. The Balaban J connectivity index is 1.59. The van der Waals surface area contributed by atoms with Crippen molar-refractivity contribution in [2.24, 2.45) is 0 Å². The molecule has 1 aromatic heterocycles. The number of benzene rings is 1. The normalized spacial score (nSPS) is 10.3. The Morgan fingerprint density at radius 2 is 1.92 bits per heavy atom. The highest BCUT2D eigenvalue weighted by molar-refractivity contribution is 9.10. The van der Waals surface area contributed by atoms with Crippen LogP contribution in [0.25, 0.3) is 0 Å². The van der Waals surface area contributed by atoms with Crippen LogP contribution in [0.15, 0.2) is 47.2 Å². The van der Waals surface area contributed by atoms with Crippen LogP contribution in [0, 0.1) is 0 Å². The van der Waals surface area contributed by atoms with Crippen LogP contribution in [-0.4, -0.2) is 23.3 Å². The van der Waals surface area contributed by atoms with E-state index in [0.717, 1.165) is 23.7 Å². The summed E-state index contributed by atoms with van der Waals surface area (Å²) in [6, 6.07) is 8.90. The van der Waals surface area contributed by atoms with Gasteiger partial charge in [-0.15, -0.1) is 0 Å². The van der Waals surface area contributed by atoms with Gasteiger partial charge in [0.05, 0.1) is 16.9 Å². The average Bonchev–Trinajstić information content (AvgIpc) is 2.60. The van der Waals surface area contributed by atoms with E-state index >= 15 is 0 Å². The van der Waals surface area contributed by atoms with E-state index < -0.39 is 0 Å². The van der Waals surface area contributed by atoms with E-state index in [1.54, 1.807) is 24.4 Å².